The second-order valence-corrected chi connectivity index (χ2v) is 6.08. The van der Waals surface area contributed by atoms with Crippen molar-refractivity contribution in [3.05, 3.63) is 62.6 Å². The first kappa shape index (κ1) is 15.3. The van der Waals surface area contributed by atoms with Crippen LogP contribution in [0.3, 0.4) is 0 Å². The highest BCUT2D eigenvalue weighted by atomic mass is 79.9. The van der Waals surface area contributed by atoms with Crippen LogP contribution in [-0.2, 0) is 0 Å². The van der Waals surface area contributed by atoms with Crippen LogP contribution >= 0.6 is 27.5 Å². The van der Waals surface area contributed by atoms with Crippen LogP contribution < -0.4 is 0 Å². The maximum atomic E-state index is 14.2. The number of fused-ring (bicyclic) bond motifs is 1. The number of aliphatic imine (C=N–C) groups is 2. The van der Waals surface area contributed by atoms with Gasteiger partial charge in [-0.25, -0.2) is 8.78 Å². The molecule has 2 aromatic rings. The van der Waals surface area contributed by atoms with E-state index in [1.807, 2.05) is 0 Å². The third-order valence-corrected chi connectivity index (χ3v) is 4.55. The predicted molar refractivity (Wildman–Crippen MR) is 88.8 cm³/mol. The van der Waals surface area contributed by atoms with Crippen LogP contribution in [0.2, 0.25) is 5.02 Å². The van der Waals surface area contributed by atoms with Gasteiger partial charge in [-0.15, -0.1) is 0 Å². The molecule has 3 rings (SSSR count). The molecule has 6 heteroatoms. The summed E-state index contributed by atoms with van der Waals surface area (Å²) < 4.78 is 29.0. The van der Waals surface area contributed by atoms with Crippen LogP contribution in [0, 0.1) is 11.6 Å². The Bertz CT molecular complexity index is 798. The van der Waals surface area contributed by atoms with Crippen LogP contribution in [0.1, 0.15) is 18.1 Å². The van der Waals surface area contributed by atoms with Crippen LogP contribution in [0.15, 0.2) is 44.8 Å². The molecule has 0 N–H and O–H groups in total. The maximum Gasteiger partial charge on any atom is 0.135 e. The number of nitrogens with zero attached hydrogens (tertiary/aromatic N) is 2. The molecule has 0 radical (unpaired) electrons. The summed E-state index contributed by atoms with van der Waals surface area (Å²) in [4.78, 5) is 8.71. The van der Waals surface area contributed by atoms with Crippen LogP contribution in [0.5, 0.6) is 0 Å². The SMILES string of the molecule is CC1C=Nc2ccc(Br)c(Cl)c2C(c2c(F)cccc2F)=N1. The van der Waals surface area contributed by atoms with Crippen molar-refractivity contribution in [2.45, 2.75) is 13.0 Å². The molecule has 0 spiro atoms. The lowest BCUT2D eigenvalue weighted by molar-refractivity contribution is 0.579. The molecule has 22 heavy (non-hydrogen) atoms. The second kappa shape index (κ2) is 5.89. The monoisotopic (exact) mass is 382 g/mol. The Balaban J connectivity index is 2.36. The topological polar surface area (TPSA) is 24.7 Å². The summed E-state index contributed by atoms with van der Waals surface area (Å²) in [7, 11) is 0. The molecule has 2 nitrogen and oxygen atoms in total. The zero-order chi connectivity index (χ0) is 15.9. The highest BCUT2D eigenvalue weighted by molar-refractivity contribution is 9.10. The van der Waals surface area contributed by atoms with Crippen LogP contribution in [0.25, 0.3) is 0 Å². The lowest BCUT2D eigenvalue weighted by Gasteiger charge is -2.13. The summed E-state index contributed by atoms with van der Waals surface area (Å²) in [5.41, 5.74) is 0.919. The van der Waals surface area contributed by atoms with E-state index in [1.165, 1.54) is 18.2 Å². The molecule has 112 valence electrons. The van der Waals surface area contributed by atoms with Gasteiger partial charge in [0, 0.05) is 16.3 Å². The minimum Gasteiger partial charge on any atom is -0.275 e. The van der Waals surface area contributed by atoms with Crippen molar-refractivity contribution >= 4 is 45.1 Å². The van der Waals surface area contributed by atoms with Gasteiger partial charge in [0.25, 0.3) is 0 Å². The van der Waals surface area contributed by atoms with E-state index in [2.05, 4.69) is 25.9 Å². The minimum absolute atomic E-state index is 0.168. The van der Waals surface area contributed by atoms with Crippen molar-refractivity contribution < 1.29 is 8.78 Å². The molecule has 1 unspecified atom stereocenters. The highest BCUT2D eigenvalue weighted by Gasteiger charge is 2.25. The van der Waals surface area contributed by atoms with Gasteiger partial charge in [0.05, 0.1) is 28.0 Å². The molecule has 0 bridgehead atoms. The molecule has 0 aliphatic carbocycles. The van der Waals surface area contributed by atoms with Gasteiger partial charge in [-0.2, -0.15) is 0 Å². The Morgan fingerprint density at radius 2 is 1.77 bits per heavy atom. The van der Waals surface area contributed by atoms with E-state index < -0.39 is 11.6 Å². The molecule has 1 heterocycles. The zero-order valence-electron chi connectivity index (χ0n) is 11.4. The molecule has 1 aliphatic heterocycles. The van der Waals surface area contributed by atoms with Crippen molar-refractivity contribution in [1.82, 2.24) is 0 Å². The van der Waals surface area contributed by atoms with E-state index in [9.17, 15) is 8.78 Å². The lowest BCUT2D eigenvalue weighted by Crippen LogP contribution is -2.12. The minimum atomic E-state index is -0.685. The Kier molecular flexibility index (Phi) is 4.10. The van der Waals surface area contributed by atoms with Gasteiger partial charge in [-0.1, -0.05) is 17.7 Å². The van der Waals surface area contributed by atoms with Crippen molar-refractivity contribution in [3.63, 3.8) is 0 Å². The molecular formula is C16H10BrClF2N2. The zero-order valence-corrected chi connectivity index (χ0v) is 13.8. The first-order valence-corrected chi connectivity index (χ1v) is 7.71. The molecule has 0 saturated heterocycles. The van der Waals surface area contributed by atoms with Crippen molar-refractivity contribution in [1.29, 1.82) is 0 Å². The van der Waals surface area contributed by atoms with E-state index >= 15 is 0 Å². The van der Waals surface area contributed by atoms with Crippen molar-refractivity contribution in [2.24, 2.45) is 9.98 Å². The number of hydrogen-bond acceptors (Lipinski definition) is 2. The Labute approximate surface area is 139 Å². The third-order valence-electron chi connectivity index (χ3n) is 3.27. The Morgan fingerprint density at radius 3 is 2.45 bits per heavy atom. The summed E-state index contributed by atoms with van der Waals surface area (Å²) in [6, 6.07) is 6.86. The van der Waals surface area contributed by atoms with Crippen molar-refractivity contribution in [2.75, 3.05) is 0 Å². The van der Waals surface area contributed by atoms with Gasteiger partial charge >= 0.3 is 0 Å². The lowest BCUT2D eigenvalue weighted by atomic mass is 9.99. The van der Waals surface area contributed by atoms with E-state index in [0.717, 1.165) is 0 Å². The third kappa shape index (κ3) is 2.59. The smallest absolute Gasteiger partial charge is 0.135 e. The number of rotatable bonds is 1. The molecule has 1 atom stereocenters. The molecule has 0 aromatic heterocycles. The number of hydrogen-bond donors (Lipinski definition) is 0. The van der Waals surface area contributed by atoms with Gasteiger partial charge in [-0.3, -0.25) is 9.98 Å². The summed E-state index contributed by atoms with van der Waals surface area (Å²) in [6.07, 6.45) is 1.62. The van der Waals surface area contributed by atoms with E-state index in [0.29, 0.717) is 20.7 Å². The molecular weight excluding hydrogens is 374 g/mol. The fraction of sp³-hybridized carbons (Fsp3) is 0.125. The van der Waals surface area contributed by atoms with E-state index in [-0.39, 0.29) is 17.3 Å². The summed E-state index contributed by atoms with van der Waals surface area (Å²) in [5, 5.41) is 0.324. The Hall–Kier alpha value is -1.59. The van der Waals surface area contributed by atoms with Crippen molar-refractivity contribution in [3.8, 4) is 0 Å². The first-order valence-electron chi connectivity index (χ1n) is 6.53. The quantitative estimate of drug-likeness (QED) is 0.636. The molecule has 0 fully saturated rings. The fourth-order valence-electron chi connectivity index (χ4n) is 2.28. The largest absolute Gasteiger partial charge is 0.275 e. The molecule has 2 aromatic carbocycles. The summed E-state index contributed by atoms with van der Waals surface area (Å²) in [6.45, 7) is 1.79. The summed E-state index contributed by atoms with van der Waals surface area (Å²) >= 11 is 9.66. The fourth-order valence-corrected chi connectivity index (χ4v) is 2.86. The second-order valence-electron chi connectivity index (χ2n) is 4.85. The van der Waals surface area contributed by atoms with Gasteiger partial charge in [-0.05, 0) is 47.1 Å². The number of benzene rings is 2. The van der Waals surface area contributed by atoms with E-state index in [4.69, 9.17) is 11.6 Å². The highest BCUT2D eigenvalue weighted by Crippen LogP contribution is 2.37. The Morgan fingerprint density at radius 1 is 1.09 bits per heavy atom. The average Bonchev–Trinajstić information content (AvgIpc) is 2.63. The van der Waals surface area contributed by atoms with Gasteiger partial charge in [0.2, 0.25) is 0 Å². The standard InChI is InChI=1S/C16H10BrClF2N2/c1-8-7-21-12-6-5-9(17)15(18)14(12)16(22-8)13-10(19)3-2-4-11(13)20/h2-8H,1H3. The number of halogens is 4. The molecule has 0 saturated carbocycles. The molecule has 0 amide bonds. The van der Waals surface area contributed by atoms with Gasteiger partial charge in [0.15, 0.2) is 0 Å². The van der Waals surface area contributed by atoms with Crippen LogP contribution in [-0.4, -0.2) is 18.0 Å². The normalized spacial score (nSPS) is 17.0. The summed E-state index contributed by atoms with van der Waals surface area (Å²) in [5.74, 6) is -1.37. The molecule has 1 aliphatic rings. The predicted octanol–water partition coefficient (Wildman–Crippen LogP) is 5.32. The first-order chi connectivity index (χ1) is 10.5. The average molecular weight is 384 g/mol. The van der Waals surface area contributed by atoms with Gasteiger partial charge in [0.1, 0.15) is 11.6 Å². The van der Waals surface area contributed by atoms with Gasteiger partial charge < -0.3 is 0 Å². The van der Waals surface area contributed by atoms with E-state index in [1.54, 1.807) is 25.3 Å². The maximum absolute atomic E-state index is 14.2. The van der Waals surface area contributed by atoms with Crippen LogP contribution in [0.4, 0.5) is 14.5 Å².